The average Bonchev–Trinajstić information content (AvgIpc) is 2.73. The van der Waals surface area contributed by atoms with Gasteiger partial charge in [-0.1, -0.05) is 51.9 Å². The number of ether oxygens (including phenoxy) is 1. The lowest BCUT2D eigenvalue weighted by atomic mass is 9.68. The van der Waals surface area contributed by atoms with Gasteiger partial charge in [-0.2, -0.15) is 13.2 Å². The summed E-state index contributed by atoms with van der Waals surface area (Å²) in [5.41, 5.74) is 0. The van der Waals surface area contributed by atoms with Crippen LogP contribution in [0.15, 0.2) is 11.9 Å². The van der Waals surface area contributed by atoms with E-state index in [4.69, 9.17) is 4.74 Å². The Morgan fingerprint density at radius 3 is 1.73 bits per heavy atom. The van der Waals surface area contributed by atoms with Gasteiger partial charge in [-0.3, -0.25) is 0 Å². The van der Waals surface area contributed by atoms with Crippen LogP contribution in [0.3, 0.4) is 0 Å². The van der Waals surface area contributed by atoms with Gasteiger partial charge in [0.2, 0.25) is 0 Å². The first-order valence-electron chi connectivity index (χ1n) is 12.4. The molecule has 2 aliphatic carbocycles. The molecular weight excluding hydrogens is 392 g/mol. The first-order chi connectivity index (χ1) is 14.3. The zero-order valence-corrected chi connectivity index (χ0v) is 18.6. The fourth-order valence-electron chi connectivity index (χ4n) is 6.28. The fourth-order valence-corrected chi connectivity index (χ4v) is 6.28. The molecule has 2 atom stereocenters. The van der Waals surface area contributed by atoms with E-state index in [9.17, 15) is 17.6 Å². The highest BCUT2D eigenvalue weighted by Crippen LogP contribution is 2.43. The SMILES string of the molecule is CCCC1CCC(C2CCC(CCC3CCC(/C(F)=C/C(F)(F)F)OC3)CC2)CC1. The monoisotopic (exact) mass is 432 g/mol. The van der Waals surface area contributed by atoms with Crippen molar-refractivity contribution >= 4 is 0 Å². The van der Waals surface area contributed by atoms with Crippen LogP contribution in [0.1, 0.15) is 96.8 Å². The van der Waals surface area contributed by atoms with Crippen molar-refractivity contribution in [1.29, 1.82) is 0 Å². The lowest BCUT2D eigenvalue weighted by Gasteiger charge is -2.38. The van der Waals surface area contributed by atoms with E-state index < -0.39 is 18.1 Å². The van der Waals surface area contributed by atoms with Crippen molar-refractivity contribution < 1.29 is 22.3 Å². The molecule has 3 fully saturated rings. The standard InChI is InChI=1S/C25H40F4O/c1-2-3-18-6-11-21(12-7-18)22-13-8-19(9-14-22)4-5-20-10-15-24(30-17-20)23(26)16-25(27,28)29/h16,18-22,24H,2-15,17H2,1H3/b23-16-. The number of hydrogen-bond acceptors (Lipinski definition) is 1. The Hall–Kier alpha value is -0.580. The molecule has 2 saturated carbocycles. The molecule has 5 heteroatoms. The highest BCUT2D eigenvalue weighted by atomic mass is 19.4. The first kappa shape index (κ1) is 24.1. The zero-order valence-electron chi connectivity index (χ0n) is 18.6. The predicted molar refractivity (Wildman–Crippen MR) is 113 cm³/mol. The third kappa shape index (κ3) is 7.53. The molecule has 30 heavy (non-hydrogen) atoms. The summed E-state index contributed by atoms with van der Waals surface area (Å²) in [6, 6.07) is 0. The maximum Gasteiger partial charge on any atom is 0.412 e. The van der Waals surface area contributed by atoms with Crippen molar-refractivity contribution in [2.24, 2.45) is 29.6 Å². The lowest BCUT2D eigenvalue weighted by Crippen LogP contribution is -2.28. The molecule has 0 aromatic carbocycles. The van der Waals surface area contributed by atoms with Crippen LogP contribution in [0, 0.1) is 29.6 Å². The summed E-state index contributed by atoms with van der Waals surface area (Å²) in [6.07, 6.45) is 11.4. The second kappa shape index (κ2) is 11.3. The molecule has 0 aromatic rings. The van der Waals surface area contributed by atoms with Gasteiger partial charge < -0.3 is 4.74 Å². The maximum absolute atomic E-state index is 13.7. The molecule has 0 radical (unpaired) electrons. The lowest BCUT2D eigenvalue weighted by molar-refractivity contribution is -0.0847. The third-order valence-corrected chi connectivity index (χ3v) is 8.11. The molecule has 0 bridgehead atoms. The normalized spacial score (nSPS) is 36.6. The Labute approximate surface area is 180 Å². The van der Waals surface area contributed by atoms with Gasteiger partial charge in [-0.15, -0.1) is 0 Å². The first-order valence-corrected chi connectivity index (χ1v) is 12.4. The molecule has 0 aromatic heterocycles. The fraction of sp³-hybridized carbons (Fsp3) is 0.920. The molecule has 0 amide bonds. The molecule has 3 rings (SSSR count). The van der Waals surface area contributed by atoms with Crippen LogP contribution in [0.25, 0.3) is 0 Å². The van der Waals surface area contributed by atoms with Crippen molar-refractivity contribution in [3.63, 3.8) is 0 Å². The molecule has 3 aliphatic rings. The van der Waals surface area contributed by atoms with Crippen LogP contribution in [-0.4, -0.2) is 18.9 Å². The molecule has 0 N–H and O–H groups in total. The topological polar surface area (TPSA) is 9.23 Å². The minimum absolute atomic E-state index is 0.257. The Kier molecular flexibility index (Phi) is 9.09. The third-order valence-electron chi connectivity index (χ3n) is 8.11. The highest BCUT2D eigenvalue weighted by molar-refractivity contribution is 5.04. The van der Waals surface area contributed by atoms with E-state index in [1.165, 1.54) is 70.6 Å². The summed E-state index contributed by atoms with van der Waals surface area (Å²) >= 11 is 0. The van der Waals surface area contributed by atoms with Gasteiger partial charge in [0.15, 0.2) is 0 Å². The number of allylic oxidation sites excluding steroid dienone is 1. The van der Waals surface area contributed by atoms with Crippen LogP contribution < -0.4 is 0 Å². The number of halogens is 4. The molecule has 174 valence electrons. The van der Waals surface area contributed by atoms with Crippen LogP contribution >= 0.6 is 0 Å². The van der Waals surface area contributed by atoms with E-state index in [1.807, 2.05) is 0 Å². The highest BCUT2D eigenvalue weighted by Gasteiger charge is 2.33. The number of rotatable bonds is 7. The van der Waals surface area contributed by atoms with Crippen LogP contribution in [0.4, 0.5) is 17.6 Å². The largest absolute Gasteiger partial charge is 0.412 e. The van der Waals surface area contributed by atoms with E-state index in [-0.39, 0.29) is 6.08 Å². The molecule has 2 unspecified atom stereocenters. The summed E-state index contributed by atoms with van der Waals surface area (Å²) in [6.45, 7) is 2.69. The van der Waals surface area contributed by atoms with E-state index in [1.54, 1.807) is 0 Å². The molecule has 1 nitrogen and oxygen atoms in total. The van der Waals surface area contributed by atoms with Crippen molar-refractivity contribution in [3.8, 4) is 0 Å². The van der Waals surface area contributed by atoms with Crippen molar-refractivity contribution in [2.45, 2.75) is 109 Å². The Bertz CT molecular complexity index is 520. The van der Waals surface area contributed by atoms with Gasteiger partial charge in [-0.25, -0.2) is 4.39 Å². The summed E-state index contributed by atoms with van der Waals surface area (Å²) in [4.78, 5) is 0. The summed E-state index contributed by atoms with van der Waals surface area (Å²) in [5, 5.41) is 0. The molecule has 0 spiro atoms. The van der Waals surface area contributed by atoms with Crippen LogP contribution in [0.5, 0.6) is 0 Å². The maximum atomic E-state index is 13.7. The summed E-state index contributed by atoms with van der Waals surface area (Å²) < 4.78 is 55.9. The van der Waals surface area contributed by atoms with Gasteiger partial charge in [0.25, 0.3) is 0 Å². The molecular formula is C25H40F4O. The Balaban J connectivity index is 1.30. The van der Waals surface area contributed by atoms with Crippen molar-refractivity contribution in [2.75, 3.05) is 6.61 Å². The predicted octanol–water partition coefficient (Wildman–Crippen LogP) is 8.39. The molecule has 1 aliphatic heterocycles. The quantitative estimate of drug-likeness (QED) is 0.367. The molecule has 1 saturated heterocycles. The van der Waals surface area contributed by atoms with Crippen molar-refractivity contribution in [1.82, 2.24) is 0 Å². The van der Waals surface area contributed by atoms with E-state index in [0.717, 1.165) is 36.5 Å². The second-order valence-electron chi connectivity index (χ2n) is 10.3. The van der Waals surface area contributed by atoms with Crippen LogP contribution in [-0.2, 0) is 4.74 Å². The van der Waals surface area contributed by atoms with Gasteiger partial charge in [0.1, 0.15) is 11.9 Å². The zero-order chi connectivity index (χ0) is 21.6. The van der Waals surface area contributed by atoms with Gasteiger partial charge in [0.05, 0.1) is 12.7 Å². The van der Waals surface area contributed by atoms with E-state index >= 15 is 0 Å². The van der Waals surface area contributed by atoms with Gasteiger partial charge >= 0.3 is 6.18 Å². The average molecular weight is 433 g/mol. The minimum Gasteiger partial charge on any atom is -0.371 e. The van der Waals surface area contributed by atoms with Gasteiger partial charge in [0, 0.05) is 0 Å². The Morgan fingerprint density at radius 1 is 0.767 bits per heavy atom. The van der Waals surface area contributed by atoms with Crippen molar-refractivity contribution in [3.05, 3.63) is 11.9 Å². The number of hydrogen-bond donors (Lipinski definition) is 0. The number of alkyl halides is 3. The van der Waals surface area contributed by atoms with E-state index in [0.29, 0.717) is 18.9 Å². The summed E-state index contributed by atoms with van der Waals surface area (Å²) in [5.74, 6) is 2.86. The van der Waals surface area contributed by atoms with E-state index in [2.05, 4.69) is 6.92 Å². The molecule has 1 heterocycles. The second-order valence-corrected chi connectivity index (χ2v) is 10.3. The van der Waals surface area contributed by atoms with Crippen LogP contribution in [0.2, 0.25) is 0 Å². The van der Waals surface area contributed by atoms with Gasteiger partial charge in [-0.05, 0) is 74.5 Å². The summed E-state index contributed by atoms with van der Waals surface area (Å²) in [7, 11) is 0. The smallest absolute Gasteiger partial charge is 0.371 e. The minimum atomic E-state index is -4.61. The Morgan fingerprint density at radius 2 is 1.27 bits per heavy atom.